The molecule has 2 aromatic rings. The number of nitrogens with zero attached hydrogens (tertiary/aromatic N) is 4. The normalized spacial score (nSPS) is 9.88. The van der Waals surface area contributed by atoms with Gasteiger partial charge in [-0.05, 0) is 6.07 Å². The highest BCUT2D eigenvalue weighted by atomic mass is 16.6. The van der Waals surface area contributed by atoms with E-state index in [4.69, 9.17) is 5.26 Å². The minimum atomic E-state index is -0.520. The highest BCUT2D eigenvalue weighted by Crippen LogP contribution is 2.26. The number of benzene rings is 1. The molecule has 6 heteroatoms. The van der Waals surface area contributed by atoms with Crippen LogP contribution >= 0.6 is 0 Å². The van der Waals surface area contributed by atoms with Crippen molar-refractivity contribution in [3.05, 3.63) is 46.3 Å². The molecule has 6 nitrogen and oxygen atoms in total. The van der Waals surface area contributed by atoms with Crippen molar-refractivity contribution >= 4 is 5.69 Å². The van der Waals surface area contributed by atoms with E-state index >= 15 is 0 Å². The fraction of sp³-hybridized carbons (Fsp3) is 0.0909. The second kappa shape index (κ2) is 4.06. The number of aryl methyl sites for hydroxylation is 1. The summed E-state index contributed by atoms with van der Waals surface area (Å²) in [7, 11) is 1.76. The standard InChI is InChI=1S/C11H8N4O2/c1-14-7-9(6-13-14)11-3-2-10(15(16)17)4-8(11)5-12/h2-4,6-7H,1H3. The summed E-state index contributed by atoms with van der Waals surface area (Å²) < 4.78 is 1.61. The van der Waals surface area contributed by atoms with Crippen molar-refractivity contribution in [2.45, 2.75) is 0 Å². The van der Waals surface area contributed by atoms with Crippen molar-refractivity contribution in [1.29, 1.82) is 5.26 Å². The number of aromatic nitrogens is 2. The van der Waals surface area contributed by atoms with Gasteiger partial charge in [0.1, 0.15) is 6.07 Å². The highest BCUT2D eigenvalue weighted by molar-refractivity contribution is 5.71. The molecular weight excluding hydrogens is 220 g/mol. The van der Waals surface area contributed by atoms with Crippen LogP contribution in [0.5, 0.6) is 0 Å². The van der Waals surface area contributed by atoms with E-state index in [0.717, 1.165) is 5.56 Å². The predicted octanol–water partition coefficient (Wildman–Crippen LogP) is 1.87. The molecule has 0 aliphatic rings. The van der Waals surface area contributed by atoms with Crippen LogP contribution in [0, 0.1) is 21.4 Å². The largest absolute Gasteiger partial charge is 0.275 e. The zero-order valence-corrected chi connectivity index (χ0v) is 8.99. The number of nitriles is 1. The van der Waals surface area contributed by atoms with Crippen LogP contribution < -0.4 is 0 Å². The molecule has 1 aromatic heterocycles. The van der Waals surface area contributed by atoms with E-state index in [-0.39, 0.29) is 11.3 Å². The summed E-state index contributed by atoms with van der Waals surface area (Å²) in [5, 5.41) is 23.6. The Hall–Kier alpha value is -2.68. The molecule has 0 aliphatic carbocycles. The third kappa shape index (κ3) is 1.99. The summed E-state index contributed by atoms with van der Waals surface area (Å²) in [5.41, 5.74) is 1.59. The van der Waals surface area contributed by atoms with Crippen molar-refractivity contribution in [2.24, 2.45) is 7.05 Å². The third-order valence-electron chi connectivity index (χ3n) is 2.35. The zero-order chi connectivity index (χ0) is 12.4. The molecule has 0 N–H and O–H groups in total. The number of hydrogen-bond donors (Lipinski definition) is 0. The zero-order valence-electron chi connectivity index (χ0n) is 8.99. The van der Waals surface area contributed by atoms with E-state index in [9.17, 15) is 10.1 Å². The van der Waals surface area contributed by atoms with Crippen molar-refractivity contribution in [1.82, 2.24) is 9.78 Å². The molecule has 0 amide bonds. The van der Waals surface area contributed by atoms with Crippen molar-refractivity contribution < 1.29 is 4.92 Å². The van der Waals surface area contributed by atoms with Crippen LogP contribution in [0.25, 0.3) is 11.1 Å². The first-order chi connectivity index (χ1) is 8.11. The first-order valence-corrected chi connectivity index (χ1v) is 4.79. The van der Waals surface area contributed by atoms with Crippen molar-refractivity contribution in [3.8, 4) is 17.2 Å². The predicted molar refractivity (Wildman–Crippen MR) is 60.0 cm³/mol. The van der Waals surface area contributed by atoms with Gasteiger partial charge in [0, 0.05) is 36.5 Å². The van der Waals surface area contributed by atoms with Crippen LogP contribution in [0.2, 0.25) is 0 Å². The molecule has 0 fully saturated rings. The molecule has 0 radical (unpaired) electrons. The summed E-state index contributed by atoms with van der Waals surface area (Å²) in [4.78, 5) is 10.1. The number of nitro benzene ring substituents is 1. The minimum absolute atomic E-state index is 0.0887. The molecule has 0 spiro atoms. The average molecular weight is 228 g/mol. The number of hydrogen-bond acceptors (Lipinski definition) is 4. The number of non-ortho nitro benzene ring substituents is 1. The monoisotopic (exact) mass is 228 g/mol. The van der Waals surface area contributed by atoms with Gasteiger partial charge in [0.15, 0.2) is 0 Å². The third-order valence-corrected chi connectivity index (χ3v) is 2.35. The lowest BCUT2D eigenvalue weighted by atomic mass is 10.0. The topological polar surface area (TPSA) is 84.7 Å². The molecule has 0 unspecified atom stereocenters. The fourth-order valence-corrected chi connectivity index (χ4v) is 1.55. The van der Waals surface area contributed by atoms with Gasteiger partial charge in [-0.3, -0.25) is 14.8 Å². The lowest BCUT2D eigenvalue weighted by Crippen LogP contribution is -1.90. The Kier molecular flexibility index (Phi) is 2.58. The number of nitro groups is 1. The van der Waals surface area contributed by atoms with Crippen molar-refractivity contribution in [3.63, 3.8) is 0 Å². The Morgan fingerprint density at radius 3 is 2.82 bits per heavy atom. The van der Waals surface area contributed by atoms with E-state index in [1.807, 2.05) is 6.07 Å². The smallest absolute Gasteiger partial charge is 0.270 e. The maximum absolute atomic E-state index is 10.6. The van der Waals surface area contributed by atoms with Crippen LogP contribution in [0.15, 0.2) is 30.6 Å². The van der Waals surface area contributed by atoms with Crippen LogP contribution in [0.4, 0.5) is 5.69 Å². The Morgan fingerprint density at radius 2 is 2.29 bits per heavy atom. The Morgan fingerprint density at radius 1 is 1.53 bits per heavy atom. The molecular formula is C11H8N4O2. The summed E-state index contributed by atoms with van der Waals surface area (Å²) in [6, 6.07) is 6.16. The van der Waals surface area contributed by atoms with Gasteiger partial charge in [0.25, 0.3) is 5.69 Å². The number of rotatable bonds is 2. The van der Waals surface area contributed by atoms with Gasteiger partial charge in [-0.1, -0.05) is 0 Å². The maximum Gasteiger partial charge on any atom is 0.270 e. The van der Waals surface area contributed by atoms with Crippen molar-refractivity contribution in [2.75, 3.05) is 0 Å². The molecule has 1 aromatic carbocycles. The van der Waals surface area contributed by atoms with Crippen LogP contribution in [0.3, 0.4) is 0 Å². The molecule has 0 atom stereocenters. The first-order valence-electron chi connectivity index (χ1n) is 4.79. The first kappa shape index (κ1) is 10.8. The SMILES string of the molecule is Cn1cc(-c2ccc([N+](=O)[O-])cc2C#N)cn1. The highest BCUT2D eigenvalue weighted by Gasteiger charge is 2.12. The molecule has 2 rings (SSSR count). The lowest BCUT2D eigenvalue weighted by molar-refractivity contribution is -0.384. The van der Waals surface area contributed by atoms with E-state index < -0.39 is 4.92 Å². The average Bonchev–Trinajstić information content (AvgIpc) is 2.74. The summed E-state index contributed by atoms with van der Waals surface area (Å²) >= 11 is 0. The van der Waals surface area contributed by atoms with E-state index in [2.05, 4.69) is 5.10 Å². The Bertz CT molecular complexity index is 625. The molecule has 0 saturated heterocycles. The summed E-state index contributed by atoms with van der Waals surface area (Å²) in [6.45, 7) is 0. The minimum Gasteiger partial charge on any atom is -0.275 e. The van der Waals surface area contributed by atoms with Gasteiger partial charge >= 0.3 is 0 Å². The van der Waals surface area contributed by atoms with Gasteiger partial charge < -0.3 is 0 Å². The van der Waals surface area contributed by atoms with Crippen LogP contribution in [-0.4, -0.2) is 14.7 Å². The van der Waals surface area contributed by atoms with E-state index in [1.54, 1.807) is 30.2 Å². The van der Waals surface area contributed by atoms with Crippen LogP contribution in [0.1, 0.15) is 5.56 Å². The van der Waals surface area contributed by atoms with Gasteiger partial charge in [-0.2, -0.15) is 10.4 Å². The van der Waals surface area contributed by atoms with Gasteiger partial charge in [-0.15, -0.1) is 0 Å². The second-order valence-electron chi connectivity index (χ2n) is 3.50. The van der Waals surface area contributed by atoms with Gasteiger partial charge in [0.2, 0.25) is 0 Å². The summed E-state index contributed by atoms with van der Waals surface area (Å²) in [6.07, 6.45) is 3.37. The maximum atomic E-state index is 10.6. The molecule has 0 bridgehead atoms. The molecule has 17 heavy (non-hydrogen) atoms. The van der Waals surface area contributed by atoms with Gasteiger partial charge in [0.05, 0.1) is 16.7 Å². The Labute approximate surface area is 96.9 Å². The quantitative estimate of drug-likeness (QED) is 0.580. The fourth-order valence-electron chi connectivity index (χ4n) is 1.55. The Balaban J connectivity index is 2.56. The molecule has 1 heterocycles. The molecule has 84 valence electrons. The van der Waals surface area contributed by atoms with Gasteiger partial charge in [-0.25, -0.2) is 0 Å². The molecule has 0 saturated carbocycles. The second-order valence-corrected chi connectivity index (χ2v) is 3.50. The van der Waals surface area contributed by atoms with E-state index in [0.29, 0.717) is 5.56 Å². The van der Waals surface area contributed by atoms with Crippen LogP contribution in [-0.2, 0) is 7.05 Å². The molecule has 0 aliphatic heterocycles. The summed E-state index contributed by atoms with van der Waals surface area (Å²) in [5.74, 6) is 0. The van der Waals surface area contributed by atoms with E-state index in [1.165, 1.54) is 12.1 Å². The lowest BCUT2D eigenvalue weighted by Gasteiger charge is -2.00.